The first kappa shape index (κ1) is 19.4. The molecule has 0 saturated carbocycles. The summed E-state index contributed by atoms with van der Waals surface area (Å²) in [7, 11) is 0. The summed E-state index contributed by atoms with van der Waals surface area (Å²) in [5.41, 5.74) is 1.82. The third-order valence-electron chi connectivity index (χ3n) is 3.76. The third kappa shape index (κ3) is 5.58. The Morgan fingerprint density at radius 3 is 2.27 bits per heavy atom. The minimum atomic E-state index is -0.207. The second kappa shape index (κ2) is 9.56. The predicted molar refractivity (Wildman–Crippen MR) is 106 cm³/mol. The molecule has 0 radical (unpaired) electrons. The van der Waals surface area contributed by atoms with Gasteiger partial charge in [-0.2, -0.15) is 0 Å². The van der Waals surface area contributed by atoms with Crippen molar-refractivity contribution >= 4 is 29.0 Å². The molecule has 0 spiro atoms. The number of aromatic nitrogens is 1. The van der Waals surface area contributed by atoms with Crippen LogP contribution in [0, 0.1) is 0 Å². The Morgan fingerprint density at radius 1 is 1.00 bits per heavy atom. The number of nitrogens with zero attached hydrogens (tertiary/aromatic N) is 2. The number of hydrogen-bond donors (Lipinski definition) is 2. The first-order valence-electron chi connectivity index (χ1n) is 8.93. The lowest BCUT2D eigenvalue weighted by molar-refractivity contribution is -0.114. The van der Waals surface area contributed by atoms with Crippen molar-refractivity contribution in [3.8, 4) is 0 Å². The molecule has 6 heteroatoms. The number of rotatable bonds is 8. The molecule has 0 unspecified atom stereocenters. The molecular formula is C20H26N4O2. The van der Waals surface area contributed by atoms with Gasteiger partial charge in [-0.3, -0.25) is 9.59 Å². The minimum Gasteiger partial charge on any atom is -0.357 e. The van der Waals surface area contributed by atoms with E-state index in [0.717, 1.165) is 31.7 Å². The van der Waals surface area contributed by atoms with Crippen molar-refractivity contribution in [2.75, 3.05) is 28.6 Å². The number of nitrogens with one attached hydrogen (secondary N) is 2. The predicted octanol–water partition coefficient (Wildman–Crippen LogP) is 3.92. The molecule has 0 saturated heterocycles. The SMILES string of the molecule is CCCN(CCC)c1cc(C(=O)Nc2cccc(NC(C)=O)c2)ccn1. The second-order valence-corrected chi connectivity index (χ2v) is 6.11. The molecule has 138 valence electrons. The van der Waals surface area contributed by atoms with Crippen LogP contribution in [0.25, 0.3) is 0 Å². The van der Waals surface area contributed by atoms with E-state index in [-0.39, 0.29) is 11.8 Å². The van der Waals surface area contributed by atoms with Crippen LogP contribution < -0.4 is 15.5 Å². The number of carbonyl (C=O) groups excluding carboxylic acids is 2. The Balaban J connectivity index is 2.14. The summed E-state index contributed by atoms with van der Waals surface area (Å²) in [5.74, 6) is 0.453. The van der Waals surface area contributed by atoms with Gasteiger partial charge in [0.25, 0.3) is 5.91 Å². The molecule has 0 aliphatic rings. The standard InChI is InChI=1S/C20H26N4O2/c1-4-11-24(12-5-2)19-13-16(9-10-21-19)20(26)23-18-8-6-7-17(14-18)22-15(3)25/h6-10,13-14H,4-5,11-12H2,1-3H3,(H,22,25)(H,23,26). The van der Waals surface area contributed by atoms with E-state index in [4.69, 9.17) is 0 Å². The smallest absolute Gasteiger partial charge is 0.255 e. The molecular weight excluding hydrogens is 328 g/mol. The van der Waals surface area contributed by atoms with E-state index < -0.39 is 0 Å². The summed E-state index contributed by atoms with van der Waals surface area (Å²) in [6.45, 7) is 7.51. The van der Waals surface area contributed by atoms with Crippen LogP contribution in [0.1, 0.15) is 44.0 Å². The van der Waals surface area contributed by atoms with Gasteiger partial charge in [-0.15, -0.1) is 0 Å². The van der Waals surface area contributed by atoms with E-state index in [1.54, 1.807) is 36.5 Å². The highest BCUT2D eigenvalue weighted by Crippen LogP contribution is 2.18. The molecule has 6 nitrogen and oxygen atoms in total. The number of amides is 2. The topological polar surface area (TPSA) is 74.3 Å². The average molecular weight is 354 g/mol. The van der Waals surface area contributed by atoms with Crippen LogP contribution in [-0.4, -0.2) is 29.9 Å². The number of hydrogen-bond acceptors (Lipinski definition) is 4. The molecule has 26 heavy (non-hydrogen) atoms. The zero-order valence-corrected chi connectivity index (χ0v) is 15.6. The summed E-state index contributed by atoms with van der Waals surface area (Å²) in [6.07, 6.45) is 3.71. The number of benzene rings is 1. The van der Waals surface area contributed by atoms with Gasteiger partial charge in [-0.25, -0.2) is 4.98 Å². The monoisotopic (exact) mass is 354 g/mol. The summed E-state index contributed by atoms with van der Waals surface area (Å²) in [4.78, 5) is 30.4. The molecule has 0 aliphatic carbocycles. The summed E-state index contributed by atoms with van der Waals surface area (Å²) >= 11 is 0. The highest BCUT2D eigenvalue weighted by Gasteiger charge is 2.11. The molecule has 0 fully saturated rings. The Bertz CT molecular complexity index is 755. The van der Waals surface area contributed by atoms with Crippen molar-refractivity contribution < 1.29 is 9.59 Å². The first-order chi connectivity index (χ1) is 12.5. The van der Waals surface area contributed by atoms with E-state index >= 15 is 0 Å². The van der Waals surface area contributed by atoms with E-state index in [2.05, 4.69) is 34.4 Å². The zero-order chi connectivity index (χ0) is 18.9. The molecule has 0 atom stereocenters. The highest BCUT2D eigenvalue weighted by atomic mass is 16.2. The van der Waals surface area contributed by atoms with E-state index in [0.29, 0.717) is 16.9 Å². The number of pyridine rings is 1. The van der Waals surface area contributed by atoms with Gasteiger partial charge in [0.05, 0.1) is 0 Å². The Morgan fingerprint density at radius 2 is 1.65 bits per heavy atom. The van der Waals surface area contributed by atoms with E-state index in [1.807, 2.05) is 6.07 Å². The van der Waals surface area contributed by atoms with Crippen LogP contribution in [-0.2, 0) is 4.79 Å². The maximum Gasteiger partial charge on any atom is 0.255 e. The third-order valence-corrected chi connectivity index (χ3v) is 3.76. The van der Waals surface area contributed by atoms with Gasteiger partial charge >= 0.3 is 0 Å². The lowest BCUT2D eigenvalue weighted by Gasteiger charge is -2.22. The molecule has 2 amide bonds. The van der Waals surface area contributed by atoms with Gasteiger partial charge in [0, 0.05) is 43.1 Å². The van der Waals surface area contributed by atoms with Crippen molar-refractivity contribution in [1.29, 1.82) is 0 Å². The van der Waals surface area contributed by atoms with Gasteiger partial charge in [0.1, 0.15) is 5.82 Å². The van der Waals surface area contributed by atoms with E-state index in [9.17, 15) is 9.59 Å². The fourth-order valence-corrected chi connectivity index (χ4v) is 2.69. The van der Waals surface area contributed by atoms with Crippen molar-refractivity contribution in [1.82, 2.24) is 4.98 Å². The molecule has 2 aromatic rings. The van der Waals surface area contributed by atoms with Crippen LogP contribution in [0.2, 0.25) is 0 Å². The molecule has 2 rings (SSSR count). The van der Waals surface area contributed by atoms with Crippen molar-refractivity contribution in [2.45, 2.75) is 33.6 Å². The Kier molecular flexibility index (Phi) is 7.14. The van der Waals surface area contributed by atoms with Crippen molar-refractivity contribution in [3.05, 3.63) is 48.2 Å². The molecule has 0 bridgehead atoms. The fraction of sp³-hybridized carbons (Fsp3) is 0.350. The molecule has 2 N–H and O–H groups in total. The maximum atomic E-state index is 12.6. The summed E-state index contributed by atoms with van der Waals surface area (Å²) in [6, 6.07) is 10.6. The molecule has 1 aromatic heterocycles. The van der Waals surface area contributed by atoms with Crippen LogP contribution in [0.5, 0.6) is 0 Å². The number of anilines is 3. The van der Waals surface area contributed by atoms with Gasteiger partial charge in [0.2, 0.25) is 5.91 Å². The summed E-state index contributed by atoms with van der Waals surface area (Å²) in [5, 5.41) is 5.57. The normalized spacial score (nSPS) is 10.3. The second-order valence-electron chi connectivity index (χ2n) is 6.11. The Labute approximate surface area is 154 Å². The van der Waals surface area contributed by atoms with Gasteiger partial charge in [0.15, 0.2) is 0 Å². The number of carbonyl (C=O) groups is 2. The van der Waals surface area contributed by atoms with Crippen LogP contribution in [0.15, 0.2) is 42.6 Å². The molecule has 1 heterocycles. The van der Waals surface area contributed by atoms with Gasteiger partial charge < -0.3 is 15.5 Å². The van der Waals surface area contributed by atoms with Crippen LogP contribution in [0.4, 0.5) is 17.2 Å². The molecule has 1 aromatic carbocycles. The van der Waals surface area contributed by atoms with Gasteiger partial charge in [-0.05, 0) is 43.2 Å². The van der Waals surface area contributed by atoms with Crippen LogP contribution in [0.3, 0.4) is 0 Å². The first-order valence-corrected chi connectivity index (χ1v) is 8.93. The largest absolute Gasteiger partial charge is 0.357 e. The maximum absolute atomic E-state index is 12.6. The molecule has 0 aliphatic heterocycles. The van der Waals surface area contributed by atoms with Crippen LogP contribution >= 0.6 is 0 Å². The Hall–Kier alpha value is -2.89. The average Bonchev–Trinajstić information content (AvgIpc) is 2.61. The zero-order valence-electron chi connectivity index (χ0n) is 15.6. The quantitative estimate of drug-likeness (QED) is 0.753. The highest BCUT2D eigenvalue weighted by molar-refractivity contribution is 6.05. The van der Waals surface area contributed by atoms with Crippen molar-refractivity contribution in [3.63, 3.8) is 0 Å². The lowest BCUT2D eigenvalue weighted by Crippen LogP contribution is -2.26. The fourth-order valence-electron chi connectivity index (χ4n) is 2.69. The minimum absolute atomic E-state index is 0.154. The van der Waals surface area contributed by atoms with Gasteiger partial charge in [-0.1, -0.05) is 19.9 Å². The van der Waals surface area contributed by atoms with Crippen molar-refractivity contribution in [2.24, 2.45) is 0 Å². The van der Waals surface area contributed by atoms with E-state index in [1.165, 1.54) is 6.92 Å². The lowest BCUT2D eigenvalue weighted by atomic mass is 10.2. The summed E-state index contributed by atoms with van der Waals surface area (Å²) < 4.78 is 0.